The first-order valence-corrected chi connectivity index (χ1v) is 7.50. The van der Waals surface area contributed by atoms with Gasteiger partial charge in [-0.15, -0.1) is 0 Å². The van der Waals surface area contributed by atoms with Crippen LogP contribution in [0.1, 0.15) is 33.9 Å². The Morgan fingerprint density at radius 2 is 2.24 bits per heavy atom. The molecular weight excluding hydrogens is 286 g/mol. The van der Waals surface area contributed by atoms with E-state index >= 15 is 0 Å². The molecule has 0 aliphatic carbocycles. The second kappa shape index (κ2) is 5.53. The second-order valence-electron chi connectivity index (χ2n) is 5.64. The van der Waals surface area contributed by atoms with Gasteiger partial charge in [-0.3, -0.25) is 4.79 Å². The molecule has 1 aliphatic rings. The first-order chi connectivity index (χ1) is 10.0. The van der Waals surface area contributed by atoms with Crippen LogP contribution in [-0.2, 0) is 13.0 Å². The van der Waals surface area contributed by atoms with E-state index < -0.39 is 0 Å². The molecule has 4 nitrogen and oxygen atoms in total. The minimum absolute atomic E-state index is 0.106. The molecule has 1 N–H and O–H groups in total. The highest BCUT2D eigenvalue weighted by atomic mass is 35.5. The molecule has 2 aromatic rings. The van der Waals surface area contributed by atoms with Crippen molar-refractivity contribution < 1.29 is 4.79 Å². The molecule has 0 bridgehead atoms. The van der Waals surface area contributed by atoms with E-state index in [9.17, 15) is 4.79 Å². The monoisotopic (exact) mass is 303 g/mol. The number of nitrogens with one attached hydrogen (secondary N) is 1. The summed E-state index contributed by atoms with van der Waals surface area (Å²) in [6.45, 7) is 4.72. The Kier molecular flexibility index (Phi) is 3.72. The molecule has 1 aromatic heterocycles. The maximum absolute atomic E-state index is 12.3. The van der Waals surface area contributed by atoms with E-state index in [1.54, 1.807) is 6.07 Å². The van der Waals surface area contributed by atoms with Crippen molar-refractivity contribution in [2.45, 2.75) is 39.3 Å². The van der Waals surface area contributed by atoms with E-state index in [1.165, 1.54) is 0 Å². The van der Waals surface area contributed by atoms with Crippen LogP contribution >= 0.6 is 11.6 Å². The van der Waals surface area contributed by atoms with Gasteiger partial charge < -0.3 is 9.88 Å². The maximum Gasteiger partial charge on any atom is 0.253 e. The standard InChI is InChI=1S/C16H18ClN3O/c1-10-3-5-13(14(17)7-10)16(21)19-12-4-6-15-18-11(2)8-20(15)9-12/h3,5,7-8,12H,4,6,9H2,1-2H3,(H,19,21). The van der Waals surface area contributed by atoms with E-state index in [0.717, 1.165) is 36.5 Å². The minimum atomic E-state index is -0.106. The van der Waals surface area contributed by atoms with Crippen LogP contribution in [0.15, 0.2) is 24.4 Å². The van der Waals surface area contributed by atoms with Crippen molar-refractivity contribution in [3.63, 3.8) is 0 Å². The van der Waals surface area contributed by atoms with Crippen LogP contribution in [0.3, 0.4) is 0 Å². The Labute approximate surface area is 129 Å². The van der Waals surface area contributed by atoms with Gasteiger partial charge in [-0.2, -0.15) is 0 Å². The molecule has 1 unspecified atom stereocenters. The Balaban J connectivity index is 1.71. The predicted molar refractivity (Wildman–Crippen MR) is 82.7 cm³/mol. The zero-order chi connectivity index (χ0) is 15.0. The van der Waals surface area contributed by atoms with Crippen molar-refractivity contribution in [2.75, 3.05) is 0 Å². The number of amides is 1. The molecule has 3 rings (SSSR count). The third kappa shape index (κ3) is 2.95. The summed E-state index contributed by atoms with van der Waals surface area (Å²) in [7, 11) is 0. The van der Waals surface area contributed by atoms with Crippen LogP contribution in [0.4, 0.5) is 0 Å². The van der Waals surface area contributed by atoms with Crippen LogP contribution in [0.25, 0.3) is 0 Å². The lowest BCUT2D eigenvalue weighted by molar-refractivity contribution is 0.0927. The fourth-order valence-electron chi connectivity index (χ4n) is 2.77. The Morgan fingerprint density at radius 1 is 1.43 bits per heavy atom. The van der Waals surface area contributed by atoms with Crippen molar-refractivity contribution in [3.05, 3.63) is 52.1 Å². The van der Waals surface area contributed by atoms with Gasteiger partial charge in [-0.1, -0.05) is 17.7 Å². The van der Waals surface area contributed by atoms with Crippen molar-refractivity contribution in [1.82, 2.24) is 14.9 Å². The lowest BCUT2D eigenvalue weighted by Gasteiger charge is -2.24. The van der Waals surface area contributed by atoms with Gasteiger partial charge in [0.2, 0.25) is 0 Å². The summed E-state index contributed by atoms with van der Waals surface area (Å²) in [5.74, 6) is 0.997. The van der Waals surface area contributed by atoms with Crippen LogP contribution in [0.5, 0.6) is 0 Å². The molecule has 1 atom stereocenters. The zero-order valence-corrected chi connectivity index (χ0v) is 12.9. The first-order valence-electron chi connectivity index (χ1n) is 7.12. The van der Waals surface area contributed by atoms with Crippen molar-refractivity contribution in [2.24, 2.45) is 0 Å². The number of aryl methyl sites for hydroxylation is 3. The Bertz CT molecular complexity index is 693. The average Bonchev–Trinajstić information content (AvgIpc) is 2.77. The normalized spacial score (nSPS) is 17.4. The van der Waals surface area contributed by atoms with Crippen LogP contribution in [0, 0.1) is 13.8 Å². The minimum Gasteiger partial charge on any atom is -0.347 e. The highest BCUT2D eigenvalue weighted by molar-refractivity contribution is 6.33. The number of rotatable bonds is 2. The van der Waals surface area contributed by atoms with Crippen LogP contribution in [-0.4, -0.2) is 21.5 Å². The molecule has 0 radical (unpaired) electrons. The molecule has 110 valence electrons. The van der Waals surface area contributed by atoms with Crippen LogP contribution in [0.2, 0.25) is 5.02 Å². The van der Waals surface area contributed by atoms with Gasteiger partial charge in [0.25, 0.3) is 5.91 Å². The number of hydrogen-bond donors (Lipinski definition) is 1. The number of carbonyl (C=O) groups excluding carboxylic acids is 1. The van der Waals surface area contributed by atoms with Gasteiger partial charge in [0.05, 0.1) is 16.3 Å². The highest BCUT2D eigenvalue weighted by Gasteiger charge is 2.22. The van der Waals surface area contributed by atoms with E-state index in [-0.39, 0.29) is 11.9 Å². The SMILES string of the molecule is Cc1ccc(C(=O)NC2CCc3nc(C)cn3C2)c(Cl)c1. The molecule has 0 saturated carbocycles. The number of halogens is 1. The molecular formula is C16H18ClN3O. The summed E-state index contributed by atoms with van der Waals surface area (Å²) in [5, 5.41) is 3.58. The molecule has 5 heteroatoms. The Morgan fingerprint density at radius 3 is 3.00 bits per heavy atom. The Hall–Kier alpha value is -1.81. The zero-order valence-electron chi connectivity index (χ0n) is 12.2. The van der Waals surface area contributed by atoms with Gasteiger partial charge in [-0.25, -0.2) is 4.98 Å². The lowest BCUT2D eigenvalue weighted by atomic mass is 10.1. The summed E-state index contributed by atoms with van der Waals surface area (Å²) in [6, 6.07) is 5.62. The number of aromatic nitrogens is 2. The van der Waals surface area contributed by atoms with E-state index in [0.29, 0.717) is 10.6 Å². The molecule has 1 amide bonds. The molecule has 0 saturated heterocycles. The summed E-state index contributed by atoms with van der Waals surface area (Å²) in [6.07, 6.45) is 3.83. The summed E-state index contributed by atoms with van der Waals surface area (Å²) < 4.78 is 2.13. The number of carbonyl (C=O) groups is 1. The van der Waals surface area contributed by atoms with Crippen molar-refractivity contribution >= 4 is 17.5 Å². The maximum atomic E-state index is 12.3. The van der Waals surface area contributed by atoms with Gasteiger partial charge in [0.1, 0.15) is 5.82 Å². The summed E-state index contributed by atoms with van der Waals surface area (Å²) >= 11 is 6.15. The molecule has 2 heterocycles. The quantitative estimate of drug-likeness (QED) is 0.927. The van der Waals surface area contributed by atoms with E-state index in [4.69, 9.17) is 11.6 Å². The molecule has 21 heavy (non-hydrogen) atoms. The number of nitrogens with zero attached hydrogens (tertiary/aromatic N) is 2. The smallest absolute Gasteiger partial charge is 0.253 e. The third-order valence-corrected chi connectivity index (χ3v) is 4.13. The van der Waals surface area contributed by atoms with Gasteiger partial charge >= 0.3 is 0 Å². The van der Waals surface area contributed by atoms with Crippen LogP contribution < -0.4 is 5.32 Å². The summed E-state index contributed by atoms with van der Waals surface area (Å²) in [5.41, 5.74) is 2.61. The fraction of sp³-hybridized carbons (Fsp3) is 0.375. The summed E-state index contributed by atoms with van der Waals surface area (Å²) in [4.78, 5) is 16.8. The molecule has 1 aliphatic heterocycles. The molecule has 0 fully saturated rings. The number of hydrogen-bond acceptors (Lipinski definition) is 2. The first kappa shape index (κ1) is 14.1. The van der Waals surface area contributed by atoms with Crippen molar-refractivity contribution in [3.8, 4) is 0 Å². The number of fused-ring (bicyclic) bond motifs is 1. The fourth-order valence-corrected chi connectivity index (χ4v) is 3.09. The van der Waals surface area contributed by atoms with Gasteiger partial charge in [0, 0.05) is 25.2 Å². The van der Waals surface area contributed by atoms with E-state index in [1.807, 2.05) is 32.2 Å². The largest absolute Gasteiger partial charge is 0.347 e. The molecule has 1 aromatic carbocycles. The third-order valence-electron chi connectivity index (χ3n) is 3.82. The topological polar surface area (TPSA) is 46.9 Å². The second-order valence-corrected chi connectivity index (χ2v) is 6.05. The number of benzene rings is 1. The average molecular weight is 304 g/mol. The van der Waals surface area contributed by atoms with E-state index in [2.05, 4.69) is 14.9 Å². The number of imidazole rings is 1. The predicted octanol–water partition coefficient (Wildman–Crippen LogP) is 2.90. The van der Waals surface area contributed by atoms with Crippen molar-refractivity contribution in [1.29, 1.82) is 0 Å². The lowest BCUT2D eigenvalue weighted by Crippen LogP contribution is -2.41. The van der Waals surface area contributed by atoms with Gasteiger partial charge in [0.15, 0.2) is 0 Å². The highest BCUT2D eigenvalue weighted by Crippen LogP contribution is 2.19. The van der Waals surface area contributed by atoms with Gasteiger partial charge in [-0.05, 0) is 38.0 Å². The molecule has 0 spiro atoms.